The van der Waals surface area contributed by atoms with Gasteiger partial charge in [-0.05, 0) is 55.8 Å². The molecule has 0 atom stereocenters. The number of amides is 1. The molecule has 1 amide bonds. The van der Waals surface area contributed by atoms with Gasteiger partial charge in [-0.15, -0.1) is 10.2 Å². The van der Waals surface area contributed by atoms with E-state index in [1.165, 1.54) is 5.56 Å². The third kappa shape index (κ3) is 4.14. The van der Waals surface area contributed by atoms with Gasteiger partial charge in [-0.3, -0.25) is 4.79 Å². The Labute approximate surface area is 148 Å². The van der Waals surface area contributed by atoms with Gasteiger partial charge in [-0.25, -0.2) is 0 Å². The van der Waals surface area contributed by atoms with Gasteiger partial charge in [-0.1, -0.05) is 13.0 Å². The number of carbonyl (C=O) groups is 1. The Bertz CT molecular complexity index is 736. The van der Waals surface area contributed by atoms with E-state index in [4.69, 9.17) is 0 Å². The molecule has 0 saturated carbocycles. The van der Waals surface area contributed by atoms with Crippen LogP contribution in [0, 0.1) is 13.8 Å². The molecule has 6 nitrogen and oxygen atoms in total. The van der Waals surface area contributed by atoms with Gasteiger partial charge in [0.1, 0.15) is 0 Å². The van der Waals surface area contributed by atoms with Crippen LogP contribution in [0.2, 0.25) is 0 Å². The summed E-state index contributed by atoms with van der Waals surface area (Å²) in [6, 6.07) is 9.47. The van der Waals surface area contributed by atoms with Gasteiger partial charge in [0.15, 0.2) is 11.5 Å². The number of hydrogen-bond donors (Lipinski definition) is 1. The van der Waals surface area contributed by atoms with Crippen LogP contribution in [0.1, 0.15) is 28.5 Å². The van der Waals surface area contributed by atoms with Gasteiger partial charge in [0.05, 0.1) is 0 Å². The number of likely N-dealkylation sites (N-methyl/N-ethyl adjacent to an activating group) is 1. The van der Waals surface area contributed by atoms with Crippen molar-refractivity contribution in [2.24, 2.45) is 0 Å². The van der Waals surface area contributed by atoms with Crippen molar-refractivity contribution in [1.29, 1.82) is 0 Å². The summed E-state index contributed by atoms with van der Waals surface area (Å²) in [4.78, 5) is 17.0. The third-order valence-corrected chi connectivity index (χ3v) is 4.79. The van der Waals surface area contributed by atoms with Crippen molar-refractivity contribution in [3.8, 4) is 0 Å². The molecule has 25 heavy (non-hydrogen) atoms. The monoisotopic (exact) mass is 339 g/mol. The van der Waals surface area contributed by atoms with E-state index in [0.717, 1.165) is 49.8 Å². The number of hydrogen-bond acceptors (Lipinski definition) is 5. The van der Waals surface area contributed by atoms with Crippen LogP contribution in [0.15, 0.2) is 30.3 Å². The number of nitrogens with one attached hydrogen (secondary N) is 1. The summed E-state index contributed by atoms with van der Waals surface area (Å²) < 4.78 is 0. The van der Waals surface area contributed by atoms with Crippen molar-refractivity contribution in [3.63, 3.8) is 0 Å². The molecule has 1 aliphatic heterocycles. The maximum Gasteiger partial charge on any atom is 0.276 e. The number of piperazine rings is 1. The molecule has 1 N–H and O–H groups in total. The molecular weight excluding hydrogens is 314 g/mol. The zero-order valence-electron chi connectivity index (χ0n) is 15.1. The summed E-state index contributed by atoms with van der Waals surface area (Å²) in [5.41, 5.74) is 3.44. The average molecular weight is 339 g/mol. The highest BCUT2D eigenvalue weighted by Gasteiger charge is 2.18. The molecule has 1 saturated heterocycles. The predicted octanol–water partition coefficient (Wildman–Crippen LogP) is 2.49. The van der Waals surface area contributed by atoms with E-state index < -0.39 is 0 Å². The molecule has 6 heteroatoms. The van der Waals surface area contributed by atoms with Gasteiger partial charge in [0, 0.05) is 31.9 Å². The lowest BCUT2D eigenvalue weighted by molar-refractivity contribution is 0.102. The summed E-state index contributed by atoms with van der Waals surface area (Å²) in [7, 11) is 0. The van der Waals surface area contributed by atoms with Crippen LogP contribution in [-0.2, 0) is 0 Å². The number of carbonyl (C=O) groups excluding carboxylic acids is 1. The molecule has 2 heterocycles. The van der Waals surface area contributed by atoms with Crippen LogP contribution >= 0.6 is 0 Å². The molecule has 1 aromatic heterocycles. The quantitative estimate of drug-likeness (QED) is 0.927. The van der Waals surface area contributed by atoms with Gasteiger partial charge >= 0.3 is 0 Å². The standard InChI is InChI=1S/C19H25N5O/c1-4-23-9-11-24(12-10-23)18-8-7-17(21-22-18)19(25)20-16-6-5-14(2)15(3)13-16/h5-8,13H,4,9-12H2,1-3H3,(H,20,25). The third-order valence-electron chi connectivity index (χ3n) is 4.79. The van der Waals surface area contributed by atoms with Gasteiger partial charge < -0.3 is 15.1 Å². The lowest BCUT2D eigenvalue weighted by Crippen LogP contribution is -2.46. The maximum atomic E-state index is 12.3. The number of nitrogens with zero attached hydrogens (tertiary/aromatic N) is 4. The minimum absolute atomic E-state index is 0.238. The second-order valence-electron chi connectivity index (χ2n) is 6.45. The highest BCUT2D eigenvalue weighted by Crippen LogP contribution is 2.16. The molecule has 2 aromatic rings. The van der Waals surface area contributed by atoms with E-state index in [9.17, 15) is 4.79 Å². The van der Waals surface area contributed by atoms with Crippen molar-refractivity contribution >= 4 is 17.4 Å². The SMILES string of the molecule is CCN1CCN(c2ccc(C(=O)Nc3ccc(C)c(C)c3)nn2)CC1. The molecule has 132 valence electrons. The zero-order valence-corrected chi connectivity index (χ0v) is 15.1. The Hall–Kier alpha value is -2.47. The van der Waals surface area contributed by atoms with Crippen molar-refractivity contribution in [2.45, 2.75) is 20.8 Å². The number of benzene rings is 1. The zero-order chi connectivity index (χ0) is 17.8. The van der Waals surface area contributed by atoms with Crippen molar-refractivity contribution in [3.05, 3.63) is 47.2 Å². The summed E-state index contributed by atoms with van der Waals surface area (Å²) in [5.74, 6) is 0.594. The molecular formula is C19H25N5O. The number of aromatic nitrogens is 2. The first kappa shape index (κ1) is 17.4. The molecule has 0 radical (unpaired) electrons. The minimum atomic E-state index is -0.238. The smallest absolute Gasteiger partial charge is 0.276 e. The second kappa shape index (κ2) is 7.61. The largest absolute Gasteiger partial charge is 0.353 e. The molecule has 0 unspecified atom stereocenters. The molecule has 3 rings (SSSR count). The average Bonchev–Trinajstić information content (AvgIpc) is 2.65. The maximum absolute atomic E-state index is 12.3. The molecule has 1 fully saturated rings. The first-order chi connectivity index (χ1) is 12.1. The fourth-order valence-electron chi connectivity index (χ4n) is 2.92. The first-order valence-corrected chi connectivity index (χ1v) is 8.76. The highest BCUT2D eigenvalue weighted by molar-refractivity contribution is 6.02. The molecule has 0 spiro atoms. The van der Waals surface area contributed by atoms with Crippen LogP contribution in [0.5, 0.6) is 0 Å². The van der Waals surface area contributed by atoms with Crippen molar-refractivity contribution in [1.82, 2.24) is 15.1 Å². The van der Waals surface area contributed by atoms with E-state index in [1.54, 1.807) is 6.07 Å². The van der Waals surface area contributed by atoms with Gasteiger partial charge in [0.2, 0.25) is 0 Å². The molecule has 1 aromatic carbocycles. The van der Waals surface area contributed by atoms with E-state index in [1.807, 2.05) is 38.1 Å². The Morgan fingerprint density at radius 3 is 2.40 bits per heavy atom. The summed E-state index contributed by atoms with van der Waals surface area (Å²) >= 11 is 0. The number of rotatable bonds is 4. The topological polar surface area (TPSA) is 61.4 Å². The van der Waals surface area contributed by atoms with E-state index in [-0.39, 0.29) is 5.91 Å². The van der Waals surface area contributed by atoms with Crippen LogP contribution in [0.4, 0.5) is 11.5 Å². The van der Waals surface area contributed by atoms with Crippen molar-refractivity contribution < 1.29 is 4.79 Å². The fourth-order valence-corrected chi connectivity index (χ4v) is 2.92. The van der Waals surface area contributed by atoms with Crippen LogP contribution in [-0.4, -0.2) is 53.7 Å². The summed E-state index contributed by atoms with van der Waals surface area (Å²) in [5, 5.41) is 11.2. The minimum Gasteiger partial charge on any atom is -0.353 e. The summed E-state index contributed by atoms with van der Waals surface area (Å²) in [6.07, 6.45) is 0. The Balaban J connectivity index is 1.63. The van der Waals surface area contributed by atoms with Crippen LogP contribution < -0.4 is 10.2 Å². The highest BCUT2D eigenvalue weighted by atomic mass is 16.1. The lowest BCUT2D eigenvalue weighted by Gasteiger charge is -2.34. The molecule has 0 bridgehead atoms. The fraction of sp³-hybridized carbons (Fsp3) is 0.421. The molecule has 1 aliphatic rings. The van der Waals surface area contributed by atoms with Crippen LogP contribution in [0.25, 0.3) is 0 Å². The van der Waals surface area contributed by atoms with E-state index in [0.29, 0.717) is 5.69 Å². The Morgan fingerprint density at radius 2 is 1.80 bits per heavy atom. The first-order valence-electron chi connectivity index (χ1n) is 8.76. The Morgan fingerprint density at radius 1 is 1.04 bits per heavy atom. The predicted molar refractivity (Wildman–Crippen MR) is 100 cm³/mol. The number of aryl methyl sites for hydroxylation is 2. The van der Waals surface area contributed by atoms with Crippen molar-refractivity contribution in [2.75, 3.05) is 42.9 Å². The number of anilines is 2. The van der Waals surface area contributed by atoms with Gasteiger partial charge in [0.25, 0.3) is 5.91 Å². The second-order valence-corrected chi connectivity index (χ2v) is 6.45. The van der Waals surface area contributed by atoms with E-state index >= 15 is 0 Å². The van der Waals surface area contributed by atoms with E-state index in [2.05, 4.69) is 32.2 Å². The Kier molecular flexibility index (Phi) is 5.28. The van der Waals surface area contributed by atoms with Gasteiger partial charge in [-0.2, -0.15) is 0 Å². The lowest BCUT2D eigenvalue weighted by atomic mass is 10.1. The summed E-state index contributed by atoms with van der Waals surface area (Å²) in [6.45, 7) is 11.3. The normalized spacial score (nSPS) is 15.2. The van der Waals surface area contributed by atoms with Crippen LogP contribution in [0.3, 0.4) is 0 Å². The molecule has 0 aliphatic carbocycles.